The lowest BCUT2D eigenvalue weighted by molar-refractivity contribution is 0.0117. The summed E-state index contributed by atoms with van der Waals surface area (Å²) in [5, 5.41) is 4.02. The van der Waals surface area contributed by atoms with Gasteiger partial charge in [-0.3, -0.25) is 14.7 Å². The van der Waals surface area contributed by atoms with Crippen molar-refractivity contribution in [2.24, 2.45) is 0 Å². The summed E-state index contributed by atoms with van der Waals surface area (Å²) in [7, 11) is 0. The first-order valence-corrected chi connectivity index (χ1v) is 9.22. The lowest BCUT2D eigenvalue weighted by Crippen LogP contribution is -2.43. The fourth-order valence-electron chi connectivity index (χ4n) is 3.44. The SMILES string of the molecule is Cc1ccc([C@H](CNC(=O)c2ccc3ncccc3c2)N2CCOCC2)o1. The predicted molar refractivity (Wildman–Crippen MR) is 103 cm³/mol. The van der Waals surface area contributed by atoms with Crippen LogP contribution in [0.1, 0.15) is 27.9 Å². The van der Waals surface area contributed by atoms with Gasteiger partial charge in [0.2, 0.25) is 0 Å². The van der Waals surface area contributed by atoms with E-state index in [1.165, 1.54) is 0 Å². The van der Waals surface area contributed by atoms with Crippen molar-refractivity contribution in [2.75, 3.05) is 32.8 Å². The van der Waals surface area contributed by atoms with Crippen LogP contribution in [0, 0.1) is 6.92 Å². The smallest absolute Gasteiger partial charge is 0.251 e. The van der Waals surface area contributed by atoms with Gasteiger partial charge in [-0.1, -0.05) is 6.07 Å². The van der Waals surface area contributed by atoms with Gasteiger partial charge in [0.1, 0.15) is 11.5 Å². The highest BCUT2D eigenvalue weighted by atomic mass is 16.5. The van der Waals surface area contributed by atoms with E-state index in [2.05, 4.69) is 15.2 Å². The van der Waals surface area contributed by atoms with Crippen molar-refractivity contribution >= 4 is 16.8 Å². The van der Waals surface area contributed by atoms with E-state index in [1.54, 1.807) is 6.20 Å². The zero-order chi connectivity index (χ0) is 18.6. The van der Waals surface area contributed by atoms with Crippen LogP contribution in [-0.2, 0) is 4.74 Å². The number of carbonyl (C=O) groups excluding carboxylic acids is 1. The monoisotopic (exact) mass is 365 g/mol. The summed E-state index contributed by atoms with van der Waals surface area (Å²) in [5.41, 5.74) is 1.51. The molecule has 1 aliphatic rings. The van der Waals surface area contributed by atoms with Crippen LogP contribution in [0.3, 0.4) is 0 Å². The number of fused-ring (bicyclic) bond motifs is 1. The number of nitrogens with zero attached hydrogens (tertiary/aromatic N) is 2. The summed E-state index contributed by atoms with van der Waals surface area (Å²) in [6.07, 6.45) is 1.75. The molecule has 1 aliphatic heterocycles. The van der Waals surface area contributed by atoms with Crippen molar-refractivity contribution in [3.8, 4) is 0 Å². The Morgan fingerprint density at radius 3 is 2.85 bits per heavy atom. The molecule has 0 bridgehead atoms. The van der Waals surface area contributed by atoms with Crippen molar-refractivity contribution in [1.29, 1.82) is 0 Å². The number of rotatable bonds is 5. The molecule has 2 aromatic heterocycles. The summed E-state index contributed by atoms with van der Waals surface area (Å²) in [4.78, 5) is 19.3. The number of morpholine rings is 1. The Morgan fingerprint density at radius 2 is 2.07 bits per heavy atom. The Bertz CT molecular complexity index is 931. The lowest BCUT2D eigenvalue weighted by Gasteiger charge is -2.33. The third kappa shape index (κ3) is 4.02. The standard InChI is InChI=1S/C21H23N3O3/c1-15-4-7-20(27-15)19(24-9-11-26-12-10-24)14-23-21(25)17-5-6-18-16(13-17)3-2-8-22-18/h2-8,13,19H,9-12,14H2,1H3,(H,23,25)/t19-/m0/s1. The van der Waals surface area contributed by atoms with Gasteiger partial charge in [-0.25, -0.2) is 0 Å². The van der Waals surface area contributed by atoms with E-state index in [9.17, 15) is 4.79 Å². The first-order valence-electron chi connectivity index (χ1n) is 9.22. The van der Waals surface area contributed by atoms with Crippen LogP contribution in [0.2, 0.25) is 0 Å². The van der Waals surface area contributed by atoms with Gasteiger partial charge in [0, 0.05) is 36.8 Å². The third-order valence-corrected chi connectivity index (χ3v) is 4.90. The molecule has 1 fully saturated rings. The number of hydrogen-bond acceptors (Lipinski definition) is 5. The number of hydrogen-bond donors (Lipinski definition) is 1. The number of furan rings is 1. The fourth-order valence-corrected chi connectivity index (χ4v) is 3.44. The van der Waals surface area contributed by atoms with Gasteiger partial charge in [0.25, 0.3) is 5.91 Å². The maximum atomic E-state index is 12.7. The van der Waals surface area contributed by atoms with Gasteiger partial charge in [-0.2, -0.15) is 0 Å². The summed E-state index contributed by atoms with van der Waals surface area (Å²) < 4.78 is 11.3. The van der Waals surface area contributed by atoms with Gasteiger partial charge < -0.3 is 14.5 Å². The molecule has 0 radical (unpaired) electrons. The van der Waals surface area contributed by atoms with Gasteiger partial charge in [-0.05, 0) is 43.3 Å². The Hall–Kier alpha value is -2.70. The number of ether oxygens (including phenoxy) is 1. The Balaban J connectivity index is 1.49. The molecule has 0 unspecified atom stereocenters. The molecule has 0 spiro atoms. The quantitative estimate of drug-likeness (QED) is 0.753. The first-order chi connectivity index (χ1) is 13.2. The van der Waals surface area contributed by atoms with Crippen LogP contribution < -0.4 is 5.32 Å². The molecule has 4 rings (SSSR count). The second kappa shape index (κ2) is 7.90. The van der Waals surface area contributed by atoms with Crippen molar-refractivity contribution < 1.29 is 13.9 Å². The number of amides is 1. The predicted octanol–water partition coefficient (Wildman–Crippen LogP) is 2.94. The van der Waals surface area contributed by atoms with Crippen molar-refractivity contribution in [3.05, 3.63) is 65.7 Å². The third-order valence-electron chi connectivity index (χ3n) is 4.90. The zero-order valence-electron chi connectivity index (χ0n) is 15.4. The van der Waals surface area contributed by atoms with Crippen molar-refractivity contribution in [2.45, 2.75) is 13.0 Å². The van der Waals surface area contributed by atoms with Gasteiger partial charge in [0.05, 0.1) is 24.8 Å². The molecule has 1 saturated heterocycles. The molecule has 0 saturated carbocycles. The van der Waals surface area contributed by atoms with E-state index in [0.717, 1.165) is 35.5 Å². The van der Waals surface area contributed by atoms with E-state index in [4.69, 9.17) is 9.15 Å². The zero-order valence-corrected chi connectivity index (χ0v) is 15.4. The Morgan fingerprint density at radius 1 is 1.22 bits per heavy atom. The van der Waals surface area contributed by atoms with Crippen LogP contribution in [0.25, 0.3) is 10.9 Å². The van der Waals surface area contributed by atoms with Crippen LogP contribution in [0.5, 0.6) is 0 Å². The number of benzene rings is 1. The number of pyridine rings is 1. The minimum absolute atomic E-state index is 0.00586. The average molecular weight is 365 g/mol. The molecule has 27 heavy (non-hydrogen) atoms. The molecular weight excluding hydrogens is 342 g/mol. The molecule has 1 N–H and O–H groups in total. The second-order valence-corrected chi connectivity index (χ2v) is 6.73. The van der Waals surface area contributed by atoms with E-state index < -0.39 is 0 Å². The highest BCUT2D eigenvalue weighted by Gasteiger charge is 2.25. The highest BCUT2D eigenvalue weighted by Crippen LogP contribution is 2.23. The molecule has 3 aromatic rings. The van der Waals surface area contributed by atoms with Crippen LogP contribution in [0.15, 0.2) is 53.1 Å². The summed E-state index contributed by atoms with van der Waals surface area (Å²) in [6.45, 7) is 5.45. The molecular formula is C21H23N3O3. The van der Waals surface area contributed by atoms with E-state index in [1.807, 2.05) is 49.4 Å². The largest absolute Gasteiger partial charge is 0.465 e. The van der Waals surface area contributed by atoms with E-state index in [-0.39, 0.29) is 11.9 Å². The minimum atomic E-state index is -0.0951. The Kier molecular flexibility index (Phi) is 5.18. The highest BCUT2D eigenvalue weighted by molar-refractivity contribution is 5.97. The van der Waals surface area contributed by atoms with E-state index in [0.29, 0.717) is 25.3 Å². The summed E-state index contributed by atoms with van der Waals surface area (Å²) in [5.74, 6) is 1.65. The normalized spacial score (nSPS) is 16.3. The van der Waals surface area contributed by atoms with Crippen molar-refractivity contribution in [1.82, 2.24) is 15.2 Å². The molecule has 0 aliphatic carbocycles. The van der Waals surface area contributed by atoms with Gasteiger partial charge in [-0.15, -0.1) is 0 Å². The summed E-state index contributed by atoms with van der Waals surface area (Å²) >= 11 is 0. The average Bonchev–Trinajstić information content (AvgIpc) is 3.14. The van der Waals surface area contributed by atoms with Crippen LogP contribution in [0.4, 0.5) is 0 Å². The molecule has 3 heterocycles. The van der Waals surface area contributed by atoms with Gasteiger partial charge >= 0.3 is 0 Å². The number of nitrogens with one attached hydrogen (secondary N) is 1. The maximum absolute atomic E-state index is 12.7. The molecule has 6 nitrogen and oxygen atoms in total. The molecule has 1 aromatic carbocycles. The lowest BCUT2D eigenvalue weighted by atomic mass is 10.1. The fraction of sp³-hybridized carbons (Fsp3) is 0.333. The number of carbonyl (C=O) groups is 1. The van der Waals surface area contributed by atoms with Crippen LogP contribution in [-0.4, -0.2) is 48.6 Å². The molecule has 6 heteroatoms. The van der Waals surface area contributed by atoms with Crippen LogP contribution >= 0.6 is 0 Å². The van der Waals surface area contributed by atoms with E-state index >= 15 is 0 Å². The first kappa shape index (κ1) is 17.7. The number of aryl methyl sites for hydroxylation is 1. The summed E-state index contributed by atoms with van der Waals surface area (Å²) in [6, 6.07) is 13.3. The number of aromatic nitrogens is 1. The topological polar surface area (TPSA) is 67.6 Å². The Labute approximate surface area is 158 Å². The minimum Gasteiger partial charge on any atom is -0.465 e. The second-order valence-electron chi connectivity index (χ2n) is 6.73. The van der Waals surface area contributed by atoms with Crippen molar-refractivity contribution in [3.63, 3.8) is 0 Å². The maximum Gasteiger partial charge on any atom is 0.251 e. The molecule has 1 atom stereocenters. The van der Waals surface area contributed by atoms with Gasteiger partial charge in [0.15, 0.2) is 0 Å². The molecule has 1 amide bonds. The molecule has 140 valence electrons.